The molecule has 134 valence electrons. The first-order valence-electron chi connectivity index (χ1n) is 7.87. The lowest BCUT2D eigenvalue weighted by Gasteiger charge is -2.07. The maximum Gasteiger partial charge on any atom is 0.251 e. The average molecular weight is 408 g/mol. The van der Waals surface area contributed by atoms with Gasteiger partial charge in [0.1, 0.15) is 0 Å². The first-order valence-corrected chi connectivity index (χ1v) is 9.44. The summed E-state index contributed by atoms with van der Waals surface area (Å²) in [6.45, 7) is 0.347. The molecule has 0 atom stereocenters. The zero-order chi connectivity index (χ0) is 18.5. The maximum absolute atomic E-state index is 12.0. The Morgan fingerprint density at radius 1 is 1.04 bits per heavy atom. The second-order valence-electron chi connectivity index (χ2n) is 5.49. The molecule has 3 rings (SSSR count). The number of hydrogen-bond acceptors (Lipinski definition) is 4. The van der Waals surface area contributed by atoms with Gasteiger partial charge in [-0.2, -0.15) is 0 Å². The first kappa shape index (κ1) is 18.6. The summed E-state index contributed by atoms with van der Waals surface area (Å²) >= 11 is 13.3. The number of amides is 2. The number of aromatic nitrogens is 1. The summed E-state index contributed by atoms with van der Waals surface area (Å²) in [6.07, 6.45) is 0.645. The van der Waals surface area contributed by atoms with E-state index in [1.807, 2.05) is 24.3 Å². The van der Waals surface area contributed by atoms with Crippen molar-refractivity contribution in [2.45, 2.75) is 6.42 Å². The lowest BCUT2D eigenvalue weighted by atomic mass is 10.2. The van der Waals surface area contributed by atoms with E-state index in [0.717, 1.165) is 15.2 Å². The molecule has 2 amide bonds. The molecule has 1 heterocycles. The van der Waals surface area contributed by atoms with E-state index >= 15 is 0 Å². The van der Waals surface area contributed by atoms with Crippen LogP contribution in [0.2, 0.25) is 10.0 Å². The summed E-state index contributed by atoms with van der Waals surface area (Å²) in [4.78, 5) is 28.4. The molecular formula is C18H15Cl2N3O2S. The van der Waals surface area contributed by atoms with Gasteiger partial charge in [-0.15, -0.1) is 11.3 Å². The van der Waals surface area contributed by atoms with E-state index in [1.54, 1.807) is 17.4 Å². The molecule has 1 aromatic heterocycles. The fourth-order valence-corrected chi connectivity index (χ4v) is 3.56. The van der Waals surface area contributed by atoms with E-state index in [-0.39, 0.29) is 18.4 Å². The van der Waals surface area contributed by atoms with Crippen molar-refractivity contribution in [3.63, 3.8) is 0 Å². The van der Waals surface area contributed by atoms with Crippen molar-refractivity contribution in [1.29, 1.82) is 0 Å². The summed E-state index contributed by atoms with van der Waals surface area (Å²) in [5, 5.41) is 6.95. The van der Waals surface area contributed by atoms with Gasteiger partial charge in [0.2, 0.25) is 5.91 Å². The highest BCUT2D eigenvalue weighted by Crippen LogP contribution is 2.22. The van der Waals surface area contributed by atoms with E-state index < -0.39 is 0 Å². The molecule has 3 aromatic rings. The van der Waals surface area contributed by atoms with Crippen molar-refractivity contribution < 1.29 is 9.59 Å². The van der Waals surface area contributed by atoms with Gasteiger partial charge in [0.05, 0.1) is 31.8 Å². The van der Waals surface area contributed by atoms with Crippen molar-refractivity contribution in [1.82, 2.24) is 15.6 Å². The fourth-order valence-electron chi connectivity index (χ4n) is 2.30. The quantitative estimate of drug-likeness (QED) is 0.654. The number of halogens is 2. The van der Waals surface area contributed by atoms with Crippen LogP contribution in [0.5, 0.6) is 0 Å². The third kappa shape index (κ3) is 4.72. The Balaban J connectivity index is 1.43. The van der Waals surface area contributed by atoms with Gasteiger partial charge in [-0.05, 0) is 30.3 Å². The lowest BCUT2D eigenvalue weighted by molar-refractivity contribution is -0.120. The number of carbonyl (C=O) groups excluding carboxylic acids is 2. The molecule has 0 saturated carbocycles. The van der Waals surface area contributed by atoms with Crippen LogP contribution in [0.25, 0.3) is 10.2 Å². The molecule has 26 heavy (non-hydrogen) atoms. The molecule has 0 spiro atoms. The molecule has 0 aliphatic heterocycles. The number of nitrogens with one attached hydrogen (secondary N) is 2. The standard InChI is InChI=1S/C18H15Cl2N3O2S/c19-12-6-5-11(9-13(12)20)18(25)22-10-16(24)21-8-7-17-23-14-3-1-2-4-15(14)26-17/h1-6,9H,7-8,10H2,(H,21,24)(H,22,25). The second-order valence-corrected chi connectivity index (χ2v) is 7.42. The number of hydrogen-bond donors (Lipinski definition) is 2. The molecule has 0 fully saturated rings. The highest BCUT2D eigenvalue weighted by molar-refractivity contribution is 7.18. The van der Waals surface area contributed by atoms with Gasteiger partial charge in [0.25, 0.3) is 5.91 Å². The van der Waals surface area contributed by atoms with Gasteiger partial charge in [0.15, 0.2) is 0 Å². The van der Waals surface area contributed by atoms with Crippen LogP contribution in [-0.4, -0.2) is 29.9 Å². The minimum Gasteiger partial charge on any atom is -0.354 e. The molecule has 0 saturated heterocycles. The normalized spacial score (nSPS) is 10.7. The number of rotatable bonds is 6. The number of benzene rings is 2. The van der Waals surface area contributed by atoms with Gasteiger partial charge in [-0.25, -0.2) is 4.98 Å². The topological polar surface area (TPSA) is 71.1 Å². The Bertz CT molecular complexity index is 926. The Morgan fingerprint density at radius 3 is 2.62 bits per heavy atom. The summed E-state index contributed by atoms with van der Waals surface area (Å²) in [5.41, 5.74) is 1.31. The summed E-state index contributed by atoms with van der Waals surface area (Å²) in [5.74, 6) is -0.649. The third-order valence-corrected chi connectivity index (χ3v) is 5.43. The zero-order valence-electron chi connectivity index (χ0n) is 13.6. The largest absolute Gasteiger partial charge is 0.354 e. The van der Waals surface area contributed by atoms with Crippen molar-refractivity contribution in [3.05, 3.63) is 63.1 Å². The van der Waals surface area contributed by atoms with Crippen molar-refractivity contribution in [2.75, 3.05) is 13.1 Å². The van der Waals surface area contributed by atoms with Crippen molar-refractivity contribution in [3.8, 4) is 0 Å². The summed E-state index contributed by atoms with van der Waals surface area (Å²) in [6, 6.07) is 12.5. The van der Waals surface area contributed by atoms with Crippen molar-refractivity contribution in [2.24, 2.45) is 0 Å². The second kappa shape index (κ2) is 8.49. The Kier molecular flexibility index (Phi) is 6.08. The minimum atomic E-state index is -0.384. The molecule has 8 heteroatoms. The summed E-state index contributed by atoms with van der Waals surface area (Å²) < 4.78 is 1.13. The monoisotopic (exact) mass is 407 g/mol. The van der Waals surface area contributed by atoms with E-state index in [9.17, 15) is 9.59 Å². The molecule has 0 radical (unpaired) electrons. The van der Waals surface area contributed by atoms with E-state index in [4.69, 9.17) is 23.2 Å². The van der Waals surface area contributed by atoms with E-state index in [0.29, 0.717) is 28.6 Å². The first-order chi connectivity index (χ1) is 12.5. The highest BCUT2D eigenvalue weighted by Gasteiger charge is 2.10. The third-order valence-electron chi connectivity index (χ3n) is 3.59. The van der Waals surface area contributed by atoms with Crippen LogP contribution < -0.4 is 10.6 Å². The molecule has 0 aliphatic carbocycles. The zero-order valence-corrected chi connectivity index (χ0v) is 15.9. The Labute approximate surface area is 164 Å². The number of fused-ring (bicyclic) bond motifs is 1. The predicted molar refractivity (Wildman–Crippen MR) is 105 cm³/mol. The molecule has 2 aromatic carbocycles. The highest BCUT2D eigenvalue weighted by atomic mass is 35.5. The number of nitrogens with zero attached hydrogens (tertiary/aromatic N) is 1. The lowest BCUT2D eigenvalue weighted by Crippen LogP contribution is -2.37. The number of carbonyl (C=O) groups is 2. The van der Waals surface area contributed by atoms with Crippen molar-refractivity contribution >= 4 is 56.6 Å². The van der Waals surface area contributed by atoms with Crippen LogP contribution in [0, 0.1) is 0 Å². The van der Waals surface area contributed by atoms with Gasteiger partial charge < -0.3 is 10.6 Å². The van der Waals surface area contributed by atoms with Gasteiger partial charge in [-0.3, -0.25) is 9.59 Å². The van der Waals surface area contributed by atoms with Gasteiger partial charge in [-0.1, -0.05) is 35.3 Å². The molecule has 0 aliphatic rings. The fraction of sp³-hybridized carbons (Fsp3) is 0.167. The van der Waals surface area contributed by atoms with Crippen LogP contribution >= 0.6 is 34.5 Å². The van der Waals surface area contributed by atoms with Crippen LogP contribution in [-0.2, 0) is 11.2 Å². The molecular weight excluding hydrogens is 393 g/mol. The van der Waals surface area contributed by atoms with Crippen LogP contribution in [0.3, 0.4) is 0 Å². The Hall–Kier alpha value is -2.15. The molecule has 5 nitrogen and oxygen atoms in total. The number of para-hydroxylation sites is 1. The van der Waals surface area contributed by atoms with Gasteiger partial charge in [0, 0.05) is 18.5 Å². The minimum absolute atomic E-state index is 0.112. The molecule has 0 unspecified atom stereocenters. The molecule has 2 N–H and O–H groups in total. The summed E-state index contributed by atoms with van der Waals surface area (Å²) in [7, 11) is 0. The SMILES string of the molecule is O=C(CNC(=O)c1ccc(Cl)c(Cl)c1)NCCc1nc2ccccc2s1. The van der Waals surface area contributed by atoms with Crippen LogP contribution in [0.15, 0.2) is 42.5 Å². The Morgan fingerprint density at radius 2 is 1.85 bits per heavy atom. The van der Waals surface area contributed by atoms with E-state index in [2.05, 4.69) is 15.6 Å². The van der Waals surface area contributed by atoms with Crippen LogP contribution in [0.4, 0.5) is 0 Å². The average Bonchev–Trinajstić information content (AvgIpc) is 3.04. The maximum atomic E-state index is 12.0. The van der Waals surface area contributed by atoms with Crippen LogP contribution in [0.1, 0.15) is 15.4 Å². The molecule has 0 bridgehead atoms. The van der Waals surface area contributed by atoms with Gasteiger partial charge >= 0.3 is 0 Å². The smallest absolute Gasteiger partial charge is 0.251 e. The van der Waals surface area contributed by atoms with E-state index in [1.165, 1.54) is 12.1 Å². The number of thiazole rings is 1. The predicted octanol–water partition coefficient (Wildman–Crippen LogP) is 3.69.